The fourth-order valence-electron chi connectivity index (χ4n) is 1.44. The van der Waals surface area contributed by atoms with E-state index in [1.807, 2.05) is 0 Å². The van der Waals surface area contributed by atoms with Crippen molar-refractivity contribution in [3.63, 3.8) is 0 Å². The zero-order chi connectivity index (χ0) is 16.6. The number of aldehydes is 1. The molecule has 0 unspecified atom stereocenters. The van der Waals surface area contributed by atoms with Gasteiger partial charge in [-0.05, 0) is 45.0 Å². The van der Waals surface area contributed by atoms with E-state index in [2.05, 4.69) is 5.32 Å². The third kappa shape index (κ3) is 6.88. The molecule has 0 aliphatic carbocycles. The van der Waals surface area contributed by atoms with Gasteiger partial charge in [0, 0.05) is 17.7 Å². The molecule has 0 aliphatic heterocycles. The first-order valence-electron chi connectivity index (χ1n) is 6.77. The molecule has 0 bridgehead atoms. The summed E-state index contributed by atoms with van der Waals surface area (Å²) in [4.78, 5) is 22.0. The summed E-state index contributed by atoms with van der Waals surface area (Å²) >= 11 is 0. The topological polar surface area (TPSA) is 64.6 Å². The van der Waals surface area contributed by atoms with E-state index in [1.165, 1.54) is 0 Å². The van der Waals surface area contributed by atoms with Crippen LogP contribution in [0.25, 0.3) is 0 Å². The largest absolute Gasteiger partial charge is 0.489 e. The lowest BCUT2D eigenvalue weighted by Gasteiger charge is -2.20. The minimum Gasteiger partial charge on any atom is -0.489 e. The first kappa shape index (κ1) is 17.7. The summed E-state index contributed by atoms with van der Waals surface area (Å²) in [6.45, 7) is 5.18. The standard InChI is InChI=1S/C16H20FNO4/c1-16(2,3)22-15(20)18-9-13(8-17)11-21-14-6-4-12(10-19)5-7-14/h4-8,10H,9,11H2,1-3H3,(H,18,20)/b13-8+. The van der Waals surface area contributed by atoms with Crippen LogP contribution in [-0.4, -0.2) is 31.1 Å². The first-order valence-corrected chi connectivity index (χ1v) is 6.77. The van der Waals surface area contributed by atoms with Crippen molar-refractivity contribution in [3.05, 3.63) is 41.7 Å². The minimum atomic E-state index is -0.623. The molecule has 120 valence electrons. The van der Waals surface area contributed by atoms with Crippen molar-refractivity contribution in [2.45, 2.75) is 26.4 Å². The van der Waals surface area contributed by atoms with E-state index in [1.54, 1.807) is 45.0 Å². The Morgan fingerprint density at radius 2 is 1.91 bits per heavy atom. The summed E-state index contributed by atoms with van der Waals surface area (Å²) in [5, 5.41) is 2.45. The SMILES string of the molecule is CC(C)(C)OC(=O)NC/C(=C\F)COc1ccc(C=O)cc1. The van der Waals surface area contributed by atoms with Crippen LogP contribution in [0.3, 0.4) is 0 Å². The summed E-state index contributed by atoms with van der Waals surface area (Å²) in [5.41, 5.74) is 0.172. The molecule has 0 atom stereocenters. The smallest absolute Gasteiger partial charge is 0.407 e. The number of amides is 1. The number of hydrogen-bond donors (Lipinski definition) is 1. The lowest BCUT2D eigenvalue weighted by atomic mass is 10.2. The maximum atomic E-state index is 12.8. The van der Waals surface area contributed by atoms with E-state index in [9.17, 15) is 14.0 Å². The Labute approximate surface area is 129 Å². The molecule has 0 fully saturated rings. The van der Waals surface area contributed by atoms with E-state index < -0.39 is 11.7 Å². The average molecular weight is 309 g/mol. The second-order valence-electron chi connectivity index (χ2n) is 5.60. The molecule has 1 aromatic rings. The maximum absolute atomic E-state index is 12.8. The number of ether oxygens (including phenoxy) is 2. The molecule has 0 aromatic heterocycles. The highest BCUT2D eigenvalue weighted by molar-refractivity contribution is 5.74. The third-order valence-corrected chi connectivity index (χ3v) is 2.45. The zero-order valence-corrected chi connectivity index (χ0v) is 12.9. The monoisotopic (exact) mass is 309 g/mol. The molecule has 1 rings (SSSR count). The van der Waals surface area contributed by atoms with Crippen molar-refractivity contribution < 1.29 is 23.5 Å². The van der Waals surface area contributed by atoms with Gasteiger partial charge in [-0.25, -0.2) is 9.18 Å². The van der Waals surface area contributed by atoms with Crippen LogP contribution in [0.15, 0.2) is 36.2 Å². The molecule has 1 amide bonds. The van der Waals surface area contributed by atoms with Crippen LogP contribution in [0.2, 0.25) is 0 Å². The van der Waals surface area contributed by atoms with E-state index in [-0.39, 0.29) is 18.7 Å². The number of carbonyl (C=O) groups excluding carboxylic acids is 2. The van der Waals surface area contributed by atoms with Crippen LogP contribution in [0.4, 0.5) is 9.18 Å². The quantitative estimate of drug-likeness (QED) is 0.819. The molecule has 0 heterocycles. The molecular formula is C16H20FNO4. The van der Waals surface area contributed by atoms with E-state index in [4.69, 9.17) is 9.47 Å². The van der Waals surface area contributed by atoms with Crippen molar-refractivity contribution in [3.8, 4) is 5.75 Å². The van der Waals surface area contributed by atoms with Crippen LogP contribution >= 0.6 is 0 Å². The summed E-state index contributed by atoms with van der Waals surface area (Å²) in [5.74, 6) is 0.502. The molecule has 0 aliphatic rings. The highest BCUT2D eigenvalue weighted by atomic mass is 19.1. The molecule has 1 aromatic carbocycles. The molecule has 0 spiro atoms. The number of rotatable bonds is 6. The predicted octanol–water partition coefficient (Wildman–Crippen LogP) is 3.26. The first-order chi connectivity index (χ1) is 10.3. The number of carbonyl (C=O) groups is 2. The highest BCUT2D eigenvalue weighted by Crippen LogP contribution is 2.12. The van der Waals surface area contributed by atoms with Crippen molar-refractivity contribution in [1.82, 2.24) is 5.32 Å². The molecule has 6 heteroatoms. The average Bonchev–Trinajstić information content (AvgIpc) is 2.46. The summed E-state index contributed by atoms with van der Waals surface area (Å²) in [6, 6.07) is 6.42. The normalized spacial score (nSPS) is 11.7. The van der Waals surface area contributed by atoms with Gasteiger partial charge in [0.15, 0.2) is 0 Å². The lowest BCUT2D eigenvalue weighted by Crippen LogP contribution is -2.34. The fraction of sp³-hybridized carbons (Fsp3) is 0.375. The Bertz CT molecular complexity index is 532. The Balaban J connectivity index is 2.42. The van der Waals surface area contributed by atoms with Gasteiger partial charge in [0.2, 0.25) is 0 Å². The Hall–Kier alpha value is -2.37. The van der Waals surface area contributed by atoms with Gasteiger partial charge >= 0.3 is 6.09 Å². The highest BCUT2D eigenvalue weighted by Gasteiger charge is 2.16. The van der Waals surface area contributed by atoms with Gasteiger partial charge in [-0.15, -0.1) is 0 Å². The summed E-state index contributed by atoms with van der Waals surface area (Å²) in [6.07, 6.45) is 0.487. The number of benzene rings is 1. The second-order valence-corrected chi connectivity index (χ2v) is 5.60. The van der Waals surface area contributed by atoms with Crippen LogP contribution in [0, 0.1) is 0 Å². The molecule has 0 saturated carbocycles. The van der Waals surface area contributed by atoms with Crippen LogP contribution in [0.5, 0.6) is 5.75 Å². The Morgan fingerprint density at radius 3 is 2.41 bits per heavy atom. The van der Waals surface area contributed by atoms with Gasteiger partial charge < -0.3 is 14.8 Å². The van der Waals surface area contributed by atoms with E-state index in [0.29, 0.717) is 17.6 Å². The van der Waals surface area contributed by atoms with Crippen LogP contribution < -0.4 is 10.1 Å². The van der Waals surface area contributed by atoms with Crippen molar-refractivity contribution in [1.29, 1.82) is 0 Å². The summed E-state index contributed by atoms with van der Waals surface area (Å²) < 4.78 is 23.2. The Kier molecular flexibility index (Phi) is 6.56. The zero-order valence-electron chi connectivity index (χ0n) is 12.9. The van der Waals surface area contributed by atoms with Gasteiger partial charge in [0.1, 0.15) is 24.2 Å². The molecule has 22 heavy (non-hydrogen) atoms. The van der Waals surface area contributed by atoms with E-state index >= 15 is 0 Å². The third-order valence-electron chi connectivity index (χ3n) is 2.45. The van der Waals surface area contributed by atoms with Gasteiger partial charge in [-0.2, -0.15) is 0 Å². The summed E-state index contributed by atoms with van der Waals surface area (Å²) in [7, 11) is 0. The molecule has 5 nitrogen and oxygen atoms in total. The minimum absolute atomic E-state index is 0.0160. The number of nitrogens with one attached hydrogen (secondary N) is 1. The molecular weight excluding hydrogens is 289 g/mol. The maximum Gasteiger partial charge on any atom is 0.407 e. The predicted molar refractivity (Wildman–Crippen MR) is 80.8 cm³/mol. The fourth-order valence-corrected chi connectivity index (χ4v) is 1.44. The van der Waals surface area contributed by atoms with E-state index in [0.717, 1.165) is 6.29 Å². The number of halogens is 1. The molecule has 1 N–H and O–H groups in total. The molecule has 0 radical (unpaired) electrons. The van der Waals surface area contributed by atoms with Crippen molar-refractivity contribution >= 4 is 12.4 Å². The van der Waals surface area contributed by atoms with Gasteiger partial charge in [0.25, 0.3) is 0 Å². The van der Waals surface area contributed by atoms with Crippen LogP contribution in [-0.2, 0) is 4.74 Å². The van der Waals surface area contributed by atoms with Gasteiger partial charge in [-0.3, -0.25) is 4.79 Å². The number of alkyl carbamates (subject to hydrolysis) is 1. The molecule has 0 saturated heterocycles. The number of hydrogen-bond acceptors (Lipinski definition) is 4. The lowest BCUT2D eigenvalue weighted by molar-refractivity contribution is 0.0531. The van der Waals surface area contributed by atoms with Crippen LogP contribution in [0.1, 0.15) is 31.1 Å². The van der Waals surface area contributed by atoms with Crippen molar-refractivity contribution in [2.75, 3.05) is 13.2 Å². The van der Waals surface area contributed by atoms with Gasteiger partial charge in [-0.1, -0.05) is 0 Å². The van der Waals surface area contributed by atoms with Crippen molar-refractivity contribution in [2.24, 2.45) is 0 Å². The second kappa shape index (κ2) is 8.17. The Morgan fingerprint density at radius 1 is 1.27 bits per heavy atom. The van der Waals surface area contributed by atoms with Gasteiger partial charge in [0.05, 0.1) is 6.33 Å².